The summed E-state index contributed by atoms with van der Waals surface area (Å²) in [5, 5.41) is 18.2. The first-order valence-corrected chi connectivity index (χ1v) is 10.1. The van der Waals surface area contributed by atoms with Crippen LogP contribution in [0.1, 0.15) is 23.1 Å². The van der Waals surface area contributed by atoms with Gasteiger partial charge < -0.3 is 5.11 Å². The van der Waals surface area contributed by atoms with Gasteiger partial charge in [0.25, 0.3) is 5.91 Å². The predicted molar refractivity (Wildman–Crippen MR) is 120 cm³/mol. The second kappa shape index (κ2) is 8.51. The molecule has 30 heavy (non-hydrogen) atoms. The highest BCUT2D eigenvalue weighted by atomic mass is 79.9. The number of phenols is 1. The van der Waals surface area contributed by atoms with Crippen LogP contribution in [0.4, 0.5) is 0 Å². The van der Waals surface area contributed by atoms with Crippen molar-refractivity contribution in [1.82, 2.24) is 10.9 Å². The standard InChI is InChI=1S/C23H19BrN4O2/c24-19-11-12-21(29)16(13-19)15-25-27-22(30)20-14-23(28-26-20,17-7-3-1-4-8-17)18-9-5-2-6-10-18/h1-13,15,28-29H,14H2,(H,27,30)/b25-15-. The summed E-state index contributed by atoms with van der Waals surface area (Å²) in [6.45, 7) is 0. The lowest BCUT2D eigenvalue weighted by Crippen LogP contribution is -2.38. The minimum Gasteiger partial charge on any atom is -0.507 e. The molecule has 1 aliphatic heterocycles. The summed E-state index contributed by atoms with van der Waals surface area (Å²) in [4.78, 5) is 12.7. The van der Waals surface area contributed by atoms with Gasteiger partial charge in [0.2, 0.25) is 0 Å². The monoisotopic (exact) mass is 462 g/mol. The van der Waals surface area contributed by atoms with E-state index in [2.05, 4.69) is 37.0 Å². The van der Waals surface area contributed by atoms with Gasteiger partial charge >= 0.3 is 0 Å². The molecule has 6 nitrogen and oxygen atoms in total. The first kappa shape index (κ1) is 19.8. The van der Waals surface area contributed by atoms with E-state index < -0.39 is 11.4 Å². The number of hydrogen-bond acceptors (Lipinski definition) is 5. The van der Waals surface area contributed by atoms with E-state index in [1.165, 1.54) is 6.21 Å². The second-order valence-electron chi connectivity index (χ2n) is 6.89. The molecule has 0 saturated carbocycles. The molecule has 1 aliphatic rings. The molecule has 0 saturated heterocycles. The molecule has 3 aromatic rings. The summed E-state index contributed by atoms with van der Waals surface area (Å²) in [7, 11) is 0. The Morgan fingerprint density at radius 1 is 1.07 bits per heavy atom. The van der Waals surface area contributed by atoms with Gasteiger partial charge in [-0.05, 0) is 29.3 Å². The Labute approximate surface area is 182 Å². The highest BCUT2D eigenvalue weighted by Gasteiger charge is 2.41. The van der Waals surface area contributed by atoms with Crippen LogP contribution in [0.3, 0.4) is 0 Å². The number of phenolic OH excluding ortho intramolecular Hbond substituents is 1. The number of aromatic hydroxyl groups is 1. The number of halogens is 1. The zero-order valence-corrected chi connectivity index (χ0v) is 17.5. The van der Waals surface area contributed by atoms with Gasteiger partial charge in [-0.1, -0.05) is 76.6 Å². The third-order valence-corrected chi connectivity index (χ3v) is 5.46. The molecule has 0 radical (unpaired) electrons. The lowest BCUT2D eigenvalue weighted by molar-refractivity contribution is -0.114. The van der Waals surface area contributed by atoms with Crippen LogP contribution in [-0.2, 0) is 10.3 Å². The lowest BCUT2D eigenvalue weighted by atomic mass is 9.80. The molecule has 4 rings (SSSR count). The number of nitrogens with one attached hydrogen (secondary N) is 2. The Bertz CT molecular complexity index is 1080. The van der Waals surface area contributed by atoms with E-state index in [4.69, 9.17) is 0 Å². The molecule has 0 bridgehead atoms. The molecule has 1 heterocycles. The molecule has 3 N–H and O–H groups in total. The summed E-state index contributed by atoms with van der Waals surface area (Å²) in [5.41, 5.74) is 7.93. The van der Waals surface area contributed by atoms with Crippen molar-refractivity contribution in [1.29, 1.82) is 0 Å². The lowest BCUT2D eigenvalue weighted by Gasteiger charge is -2.30. The SMILES string of the molecule is O=C(N/N=C\c1cc(Br)ccc1O)C1=NNC(c2ccccc2)(c2ccccc2)C1. The maximum absolute atomic E-state index is 12.7. The molecule has 3 aromatic carbocycles. The summed E-state index contributed by atoms with van der Waals surface area (Å²) < 4.78 is 0.799. The number of rotatable bonds is 5. The number of carbonyl (C=O) groups excluding carboxylic acids is 1. The van der Waals surface area contributed by atoms with E-state index >= 15 is 0 Å². The number of hydrogen-bond donors (Lipinski definition) is 3. The van der Waals surface area contributed by atoms with Crippen LogP contribution in [0.2, 0.25) is 0 Å². The van der Waals surface area contributed by atoms with Crippen LogP contribution >= 0.6 is 15.9 Å². The largest absolute Gasteiger partial charge is 0.507 e. The summed E-state index contributed by atoms with van der Waals surface area (Å²) in [6.07, 6.45) is 1.77. The summed E-state index contributed by atoms with van der Waals surface area (Å²) in [5.74, 6) is -0.329. The maximum atomic E-state index is 12.7. The third-order valence-electron chi connectivity index (χ3n) is 4.97. The Kier molecular flexibility index (Phi) is 5.63. The zero-order valence-electron chi connectivity index (χ0n) is 15.9. The van der Waals surface area contributed by atoms with E-state index in [1.54, 1.807) is 18.2 Å². The topological polar surface area (TPSA) is 86.1 Å². The van der Waals surface area contributed by atoms with Gasteiger partial charge in [-0.25, -0.2) is 5.43 Å². The van der Waals surface area contributed by atoms with Gasteiger partial charge in [0.15, 0.2) is 0 Å². The normalized spacial score (nSPS) is 14.9. The van der Waals surface area contributed by atoms with E-state index in [9.17, 15) is 9.90 Å². The highest BCUT2D eigenvalue weighted by molar-refractivity contribution is 9.10. The second-order valence-corrected chi connectivity index (χ2v) is 7.80. The highest BCUT2D eigenvalue weighted by Crippen LogP contribution is 2.36. The van der Waals surface area contributed by atoms with E-state index in [1.807, 2.05) is 60.7 Å². The molecule has 0 aliphatic carbocycles. The fourth-order valence-electron chi connectivity index (χ4n) is 3.42. The first-order valence-electron chi connectivity index (χ1n) is 9.35. The maximum Gasteiger partial charge on any atom is 0.287 e. The first-order chi connectivity index (χ1) is 14.6. The molecule has 0 atom stereocenters. The molecule has 0 spiro atoms. The van der Waals surface area contributed by atoms with E-state index in [0.717, 1.165) is 15.6 Å². The quantitative estimate of drug-likeness (QED) is 0.396. The Hall–Kier alpha value is -3.45. The van der Waals surface area contributed by atoms with Crippen LogP contribution < -0.4 is 10.9 Å². The van der Waals surface area contributed by atoms with Crippen molar-refractivity contribution in [2.24, 2.45) is 10.2 Å². The number of hydrazone groups is 2. The molecular weight excluding hydrogens is 444 g/mol. The van der Waals surface area contributed by atoms with Crippen molar-refractivity contribution < 1.29 is 9.90 Å². The van der Waals surface area contributed by atoms with Crippen molar-refractivity contribution in [3.05, 3.63) is 100 Å². The van der Waals surface area contributed by atoms with Crippen LogP contribution in [0, 0.1) is 0 Å². The summed E-state index contributed by atoms with van der Waals surface area (Å²) in [6, 6.07) is 24.8. The van der Waals surface area contributed by atoms with Crippen LogP contribution in [0.25, 0.3) is 0 Å². The Morgan fingerprint density at radius 2 is 1.70 bits per heavy atom. The number of amides is 1. The van der Waals surface area contributed by atoms with Crippen LogP contribution in [0.15, 0.2) is 93.5 Å². The van der Waals surface area contributed by atoms with Crippen molar-refractivity contribution in [2.45, 2.75) is 12.0 Å². The number of nitrogens with zero attached hydrogens (tertiary/aromatic N) is 2. The van der Waals surface area contributed by atoms with Gasteiger partial charge in [0.05, 0.1) is 6.21 Å². The van der Waals surface area contributed by atoms with Crippen molar-refractivity contribution >= 4 is 33.8 Å². The fraction of sp³-hybridized carbons (Fsp3) is 0.0870. The van der Waals surface area contributed by atoms with E-state index in [-0.39, 0.29) is 5.75 Å². The minimum absolute atomic E-state index is 0.0724. The summed E-state index contributed by atoms with van der Waals surface area (Å²) >= 11 is 3.34. The molecule has 0 unspecified atom stereocenters. The molecule has 1 amide bonds. The Morgan fingerprint density at radius 3 is 2.33 bits per heavy atom. The average Bonchev–Trinajstić information content (AvgIpc) is 3.24. The average molecular weight is 463 g/mol. The predicted octanol–water partition coefficient (Wildman–Crippen LogP) is 3.90. The van der Waals surface area contributed by atoms with Crippen molar-refractivity contribution in [3.8, 4) is 5.75 Å². The van der Waals surface area contributed by atoms with Crippen molar-refractivity contribution in [2.75, 3.05) is 0 Å². The van der Waals surface area contributed by atoms with Gasteiger partial charge in [0, 0.05) is 16.5 Å². The minimum atomic E-state index is -0.624. The Balaban J connectivity index is 1.53. The van der Waals surface area contributed by atoms with Gasteiger partial charge in [-0.2, -0.15) is 10.2 Å². The molecule has 150 valence electrons. The van der Waals surface area contributed by atoms with Crippen LogP contribution in [-0.4, -0.2) is 22.9 Å². The third kappa shape index (κ3) is 3.97. The zero-order chi connectivity index (χ0) is 21.0. The van der Waals surface area contributed by atoms with Gasteiger partial charge in [-0.15, -0.1) is 0 Å². The van der Waals surface area contributed by atoms with Gasteiger partial charge in [0.1, 0.15) is 17.0 Å². The molecular formula is C23H19BrN4O2. The van der Waals surface area contributed by atoms with Crippen LogP contribution in [0.5, 0.6) is 5.75 Å². The smallest absolute Gasteiger partial charge is 0.287 e. The van der Waals surface area contributed by atoms with Gasteiger partial charge in [-0.3, -0.25) is 10.2 Å². The fourth-order valence-corrected chi connectivity index (χ4v) is 3.80. The molecule has 0 fully saturated rings. The number of benzene rings is 3. The molecule has 7 heteroatoms. The molecule has 0 aromatic heterocycles. The number of carbonyl (C=O) groups is 1. The van der Waals surface area contributed by atoms with E-state index in [0.29, 0.717) is 17.7 Å². The van der Waals surface area contributed by atoms with Crippen molar-refractivity contribution in [3.63, 3.8) is 0 Å².